The van der Waals surface area contributed by atoms with Crippen LogP contribution in [0.3, 0.4) is 0 Å². The van der Waals surface area contributed by atoms with Gasteiger partial charge in [0.1, 0.15) is 18.0 Å². The first kappa shape index (κ1) is 16.0. The number of aromatic nitrogens is 2. The number of ether oxygens (including phenoxy) is 1. The molecule has 0 aromatic carbocycles. The number of hydrogen-bond donors (Lipinski definition) is 2. The molecule has 1 fully saturated rings. The van der Waals surface area contributed by atoms with Crippen molar-refractivity contribution in [1.82, 2.24) is 9.97 Å². The second kappa shape index (κ2) is 8.82. The van der Waals surface area contributed by atoms with Crippen LogP contribution in [0.15, 0.2) is 6.33 Å². The molecule has 1 aliphatic carbocycles. The van der Waals surface area contributed by atoms with Crippen LogP contribution >= 0.6 is 0 Å². The van der Waals surface area contributed by atoms with Crippen LogP contribution in [0.4, 0.5) is 11.6 Å². The average Bonchev–Trinajstić information content (AvgIpc) is 3.30. The summed E-state index contributed by atoms with van der Waals surface area (Å²) < 4.78 is 5.65. The van der Waals surface area contributed by atoms with E-state index < -0.39 is 0 Å². The third-order valence-electron chi connectivity index (χ3n) is 3.60. The highest BCUT2D eigenvalue weighted by molar-refractivity contribution is 5.57. The van der Waals surface area contributed by atoms with Crippen molar-refractivity contribution in [2.24, 2.45) is 5.92 Å². The average molecular weight is 292 g/mol. The second-order valence-electron chi connectivity index (χ2n) is 5.63. The molecular formula is C16H28N4O. The predicted octanol–water partition coefficient (Wildman–Crippen LogP) is 3.09. The van der Waals surface area contributed by atoms with Crippen molar-refractivity contribution in [3.63, 3.8) is 0 Å². The minimum Gasteiger partial charge on any atom is -0.381 e. The maximum Gasteiger partial charge on any atom is 0.134 e. The van der Waals surface area contributed by atoms with Gasteiger partial charge in [-0.25, -0.2) is 9.97 Å². The normalized spacial score (nSPS) is 14.2. The third kappa shape index (κ3) is 5.50. The van der Waals surface area contributed by atoms with Gasteiger partial charge in [-0.2, -0.15) is 0 Å². The van der Waals surface area contributed by atoms with E-state index in [-0.39, 0.29) is 0 Å². The molecule has 1 saturated carbocycles. The van der Waals surface area contributed by atoms with Gasteiger partial charge in [0.15, 0.2) is 0 Å². The van der Waals surface area contributed by atoms with Crippen LogP contribution in [-0.4, -0.2) is 36.3 Å². The number of rotatable bonds is 11. The molecule has 0 saturated heterocycles. The molecule has 1 aromatic rings. The van der Waals surface area contributed by atoms with Gasteiger partial charge in [0.2, 0.25) is 0 Å². The summed E-state index contributed by atoms with van der Waals surface area (Å²) in [5.74, 6) is 2.77. The van der Waals surface area contributed by atoms with Crippen molar-refractivity contribution in [2.75, 3.05) is 36.9 Å². The Hall–Kier alpha value is -1.36. The van der Waals surface area contributed by atoms with Gasteiger partial charge in [0, 0.05) is 31.9 Å². The van der Waals surface area contributed by atoms with Crippen LogP contribution in [-0.2, 0) is 11.2 Å². The highest BCUT2D eigenvalue weighted by Crippen LogP contribution is 2.28. The van der Waals surface area contributed by atoms with Gasteiger partial charge in [-0.05, 0) is 38.5 Å². The van der Waals surface area contributed by atoms with E-state index in [0.29, 0.717) is 0 Å². The first-order chi connectivity index (χ1) is 10.3. The van der Waals surface area contributed by atoms with Gasteiger partial charge in [-0.3, -0.25) is 0 Å². The molecule has 0 atom stereocenters. The second-order valence-corrected chi connectivity index (χ2v) is 5.63. The lowest BCUT2D eigenvalue weighted by Crippen LogP contribution is -2.12. The monoisotopic (exact) mass is 292 g/mol. The van der Waals surface area contributed by atoms with Crippen LogP contribution in [0, 0.1) is 5.92 Å². The van der Waals surface area contributed by atoms with Crippen LogP contribution in [0.1, 0.15) is 45.1 Å². The minimum absolute atomic E-state index is 0.831. The summed E-state index contributed by atoms with van der Waals surface area (Å²) in [7, 11) is 0. The Bertz CT molecular complexity index is 421. The van der Waals surface area contributed by atoms with E-state index >= 15 is 0 Å². The smallest absolute Gasteiger partial charge is 0.134 e. The lowest BCUT2D eigenvalue weighted by Gasteiger charge is -2.14. The Labute approximate surface area is 127 Å². The lowest BCUT2D eigenvalue weighted by atomic mass is 10.1. The minimum atomic E-state index is 0.831. The predicted molar refractivity (Wildman–Crippen MR) is 86.8 cm³/mol. The first-order valence-electron chi connectivity index (χ1n) is 8.24. The van der Waals surface area contributed by atoms with Crippen LogP contribution in [0.25, 0.3) is 0 Å². The molecule has 118 valence electrons. The van der Waals surface area contributed by atoms with E-state index in [1.165, 1.54) is 18.4 Å². The Morgan fingerprint density at radius 3 is 2.62 bits per heavy atom. The summed E-state index contributed by atoms with van der Waals surface area (Å²) in [6.45, 7) is 7.81. The first-order valence-corrected chi connectivity index (χ1v) is 8.24. The Balaban J connectivity index is 1.78. The molecule has 0 radical (unpaired) electrons. The van der Waals surface area contributed by atoms with Crippen molar-refractivity contribution in [3.05, 3.63) is 11.9 Å². The molecule has 1 aromatic heterocycles. The molecule has 5 nitrogen and oxygen atoms in total. The maximum atomic E-state index is 5.65. The topological polar surface area (TPSA) is 59.1 Å². The molecule has 0 aliphatic heterocycles. The fourth-order valence-corrected chi connectivity index (χ4v) is 2.29. The maximum absolute atomic E-state index is 5.65. The van der Waals surface area contributed by atoms with Crippen LogP contribution in [0.2, 0.25) is 0 Å². The third-order valence-corrected chi connectivity index (χ3v) is 3.60. The lowest BCUT2D eigenvalue weighted by molar-refractivity contribution is 0.124. The standard InChI is InChI=1S/C16H28N4O/c1-3-6-14-15(17-4-2)19-12-20-16(14)18-9-5-10-21-11-13-7-8-13/h12-13H,3-11H2,1-2H3,(H2,17,18,19,20). The quantitative estimate of drug-likeness (QED) is 0.614. The van der Waals surface area contributed by atoms with Crippen molar-refractivity contribution in [1.29, 1.82) is 0 Å². The summed E-state index contributed by atoms with van der Waals surface area (Å²) in [6, 6.07) is 0. The van der Waals surface area contributed by atoms with Gasteiger partial charge in [-0.1, -0.05) is 13.3 Å². The van der Waals surface area contributed by atoms with Gasteiger partial charge in [-0.15, -0.1) is 0 Å². The number of hydrogen-bond acceptors (Lipinski definition) is 5. The summed E-state index contributed by atoms with van der Waals surface area (Å²) in [5, 5.41) is 6.75. The zero-order chi connectivity index (χ0) is 14.9. The molecular weight excluding hydrogens is 264 g/mol. The zero-order valence-corrected chi connectivity index (χ0v) is 13.3. The highest BCUT2D eigenvalue weighted by Gasteiger charge is 2.20. The van der Waals surface area contributed by atoms with Crippen molar-refractivity contribution >= 4 is 11.6 Å². The van der Waals surface area contributed by atoms with Crippen LogP contribution in [0.5, 0.6) is 0 Å². The molecule has 21 heavy (non-hydrogen) atoms. The van der Waals surface area contributed by atoms with Gasteiger partial charge < -0.3 is 15.4 Å². The summed E-state index contributed by atoms with van der Waals surface area (Å²) in [6.07, 6.45) is 7.43. The Kier molecular flexibility index (Phi) is 6.73. The molecule has 5 heteroatoms. The largest absolute Gasteiger partial charge is 0.381 e. The molecule has 0 spiro atoms. The van der Waals surface area contributed by atoms with E-state index in [0.717, 1.165) is 63.1 Å². The molecule has 1 aliphatic rings. The van der Waals surface area contributed by atoms with E-state index in [1.54, 1.807) is 6.33 Å². The number of anilines is 2. The van der Waals surface area contributed by atoms with Crippen LogP contribution < -0.4 is 10.6 Å². The molecule has 2 N–H and O–H groups in total. The molecule has 0 bridgehead atoms. The van der Waals surface area contributed by atoms with Crippen molar-refractivity contribution in [3.8, 4) is 0 Å². The van der Waals surface area contributed by atoms with E-state index in [9.17, 15) is 0 Å². The number of nitrogens with zero attached hydrogens (tertiary/aromatic N) is 2. The fourth-order valence-electron chi connectivity index (χ4n) is 2.29. The Morgan fingerprint density at radius 2 is 1.95 bits per heavy atom. The molecule has 0 amide bonds. The van der Waals surface area contributed by atoms with E-state index in [1.807, 2.05) is 0 Å². The van der Waals surface area contributed by atoms with Gasteiger partial charge in [0.25, 0.3) is 0 Å². The van der Waals surface area contributed by atoms with Gasteiger partial charge >= 0.3 is 0 Å². The SMILES string of the molecule is CCCc1c(NCC)ncnc1NCCCOCC1CC1. The van der Waals surface area contributed by atoms with Crippen molar-refractivity contribution < 1.29 is 4.74 Å². The van der Waals surface area contributed by atoms with Crippen molar-refractivity contribution in [2.45, 2.75) is 46.0 Å². The number of nitrogens with one attached hydrogen (secondary N) is 2. The van der Waals surface area contributed by atoms with E-state index in [4.69, 9.17) is 4.74 Å². The highest BCUT2D eigenvalue weighted by atomic mass is 16.5. The van der Waals surface area contributed by atoms with Gasteiger partial charge in [0.05, 0.1) is 0 Å². The summed E-state index contributed by atoms with van der Waals surface area (Å²) >= 11 is 0. The Morgan fingerprint density at radius 1 is 1.19 bits per heavy atom. The zero-order valence-electron chi connectivity index (χ0n) is 13.3. The molecule has 0 unspecified atom stereocenters. The molecule has 1 heterocycles. The van der Waals surface area contributed by atoms with E-state index in [2.05, 4.69) is 34.4 Å². The summed E-state index contributed by atoms with van der Waals surface area (Å²) in [5.41, 5.74) is 1.20. The summed E-state index contributed by atoms with van der Waals surface area (Å²) in [4.78, 5) is 8.74. The fraction of sp³-hybridized carbons (Fsp3) is 0.750. The molecule has 2 rings (SSSR count).